The van der Waals surface area contributed by atoms with Gasteiger partial charge in [-0.2, -0.15) is 12.7 Å². The van der Waals surface area contributed by atoms with Crippen LogP contribution in [0.1, 0.15) is 39.0 Å². The molecule has 1 saturated heterocycles. The van der Waals surface area contributed by atoms with Gasteiger partial charge in [-0.05, 0) is 37.0 Å². The van der Waals surface area contributed by atoms with Gasteiger partial charge in [0, 0.05) is 19.1 Å². The minimum atomic E-state index is -3.23. The van der Waals surface area contributed by atoms with Crippen LogP contribution in [0.25, 0.3) is 0 Å². The van der Waals surface area contributed by atoms with Crippen LogP contribution >= 0.6 is 22.6 Å². The molecule has 0 spiro atoms. The molecule has 0 aliphatic carbocycles. The van der Waals surface area contributed by atoms with Gasteiger partial charge in [0.25, 0.3) is 10.2 Å². The number of halogens is 1. The average Bonchev–Trinajstić information content (AvgIpc) is 2.25. The number of hydrogen-bond donors (Lipinski definition) is 1. The van der Waals surface area contributed by atoms with E-state index in [-0.39, 0.29) is 6.04 Å². The molecular formula is C10H21IN2O2S. The van der Waals surface area contributed by atoms with Gasteiger partial charge >= 0.3 is 0 Å². The first-order valence-corrected chi connectivity index (χ1v) is 8.87. The SMILES string of the molecule is CC1CCCCN1S(=O)(=O)NCCCCI. The maximum Gasteiger partial charge on any atom is 0.279 e. The lowest BCUT2D eigenvalue weighted by atomic mass is 10.1. The first-order valence-electron chi connectivity index (χ1n) is 5.90. The molecule has 1 heterocycles. The molecular weight excluding hydrogens is 339 g/mol. The van der Waals surface area contributed by atoms with E-state index in [1.165, 1.54) is 0 Å². The fourth-order valence-electron chi connectivity index (χ4n) is 1.93. The highest BCUT2D eigenvalue weighted by Gasteiger charge is 2.28. The van der Waals surface area contributed by atoms with Gasteiger partial charge in [0.2, 0.25) is 0 Å². The fourth-order valence-corrected chi connectivity index (χ4v) is 3.99. The second kappa shape index (κ2) is 7.13. The summed E-state index contributed by atoms with van der Waals surface area (Å²) in [5.74, 6) is 0. The van der Waals surface area contributed by atoms with Gasteiger partial charge in [-0.25, -0.2) is 4.72 Å². The van der Waals surface area contributed by atoms with E-state index in [2.05, 4.69) is 27.3 Å². The largest absolute Gasteiger partial charge is 0.279 e. The summed E-state index contributed by atoms with van der Waals surface area (Å²) in [5.41, 5.74) is 0. The fraction of sp³-hybridized carbons (Fsp3) is 1.00. The smallest absolute Gasteiger partial charge is 0.202 e. The molecule has 1 atom stereocenters. The molecule has 1 aliphatic rings. The zero-order chi connectivity index (χ0) is 12.0. The maximum absolute atomic E-state index is 12.0. The van der Waals surface area contributed by atoms with Crippen LogP contribution in [-0.2, 0) is 10.2 Å². The highest BCUT2D eigenvalue weighted by atomic mass is 127. The van der Waals surface area contributed by atoms with Gasteiger partial charge in [-0.15, -0.1) is 0 Å². The van der Waals surface area contributed by atoms with E-state index in [4.69, 9.17) is 0 Å². The standard InChI is InChI=1S/C10H21IN2O2S/c1-10-6-2-5-9-13(10)16(14,15)12-8-4-3-7-11/h10,12H,2-9H2,1H3. The lowest BCUT2D eigenvalue weighted by molar-refractivity contribution is 0.265. The molecule has 0 aromatic rings. The molecule has 0 amide bonds. The molecule has 1 rings (SSSR count). The topological polar surface area (TPSA) is 49.4 Å². The van der Waals surface area contributed by atoms with Crippen LogP contribution in [0.15, 0.2) is 0 Å². The third-order valence-electron chi connectivity index (χ3n) is 2.90. The molecule has 16 heavy (non-hydrogen) atoms. The summed E-state index contributed by atoms with van der Waals surface area (Å²) in [5, 5.41) is 0. The molecule has 0 radical (unpaired) electrons. The molecule has 4 nitrogen and oxygen atoms in total. The minimum Gasteiger partial charge on any atom is -0.202 e. The van der Waals surface area contributed by atoms with Crippen molar-refractivity contribution in [1.29, 1.82) is 0 Å². The predicted octanol–water partition coefficient (Wildman–Crippen LogP) is 1.91. The normalized spacial score (nSPS) is 23.5. The first kappa shape index (κ1) is 14.7. The Labute approximate surface area is 112 Å². The summed E-state index contributed by atoms with van der Waals surface area (Å²) in [4.78, 5) is 0. The Morgan fingerprint density at radius 2 is 2.12 bits per heavy atom. The van der Waals surface area contributed by atoms with E-state index in [9.17, 15) is 8.42 Å². The van der Waals surface area contributed by atoms with Gasteiger partial charge < -0.3 is 0 Å². The van der Waals surface area contributed by atoms with Crippen LogP contribution in [0.5, 0.6) is 0 Å². The summed E-state index contributed by atoms with van der Waals surface area (Å²) < 4.78 is 29.3. The first-order chi connectivity index (χ1) is 7.58. The second-order valence-electron chi connectivity index (χ2n) is 4.25. The Bertz CT molecular complexity index is 295. The molecule has 1 N–H and O–H groups in total. The zero-order valence-electron chi connectivity index (χ0n) is 9.78. The molecule has 96 valence electrons. The van der Waals surface area contributed by atoms with Crippen LogP contribution < -0.4 is 4.72 Å². The minimum absolute atomic E-state index is 0.149. The third-order valence-corrected chi connectivity index (χ3v) is 5.39. The molecule has 1 unspecified atom stereocenters. The van der Waals surface area contributed by atoms with E-state index >= 15 is 0 Å². The lowest BCUT2D eigenvalue weighted by Gasteiger charge is -2.32. The Kier molecular flexibility index (Phi) is 6.53. The monoisotopic (exact) mass is 360 g/mol. The highest BCUT2D eigenvalue weighted by Crippen LogP contribution is 2.18. The van der Waals surface area contributed by atoms with Crippen molar-refractivity contribution in [1.82, 2.24) is 9.03 Å². The number of rotatable bonds is 6. The molecule has 0 bridgehead atoms. The summed E-state index contributed by atoms with van der Waals surface area (Å²) in [6, 6.07) is 0.149. The lowest BCUT2D eigenvalue weighted by Crippen LogP contribution is -2.48. The van der Waals surface area contributed by atoms with Crippen molar-refractivity contribution >= 4 is 32.8 Å². The Hall–Kier alpha value is 0.600. The van der Waals surface area contributed by atoms with Crippen molar-refractivity contribution in [2.75, 3.05) is 17.5 Å². The van der Waals surface area contributed by atoms with E-state index < -0.39 is 10.2 Å². The summed E-state index contributed by atoms with van der Waals surface area (Å²) >= 11 is 2.31. The molecule has 6 heteroatoms. The van der Waals surface area contributed by atoms with Gasteiger partial charge in [0.15, 0.2) is 0 Å². The van der Waals surface area contributed by atoms with E-state index in [0.29, 0.717) is 13.1 Å². The van der Waals surface area contributed by atoms with Crippen molar-refractivity contribution in [3.63, 3.8) is 0 Å². The van der Waals surface area contributed by atoms with Crippen LogP contribution in [0.2, 0.25) is 0 Å². The van der Waals surface area contributed by atoms with E-state index in [1.807, 2.05) is 6.92 Å². The number of piperidine rings is 1. The number of nitrogens with one attached hydrogen (secondary N) is 1. The predicted molar refractivity (Wildman–Crippen MR) is 75.1 cm³/mol. The Balaban J connectivity index is 2.42. The summed E-state index contributed by atoms with van der Waals surface area (Å²) in [7, 11) is -3.23. The molecule has 1 fully saturated rings. The third kappa shape index (κ3) is 4.46. The highest BCUT2D eigenvalue weighted by molar-refractivity contribution is 14.1. The van der Waals surface area contributed by atoms with Crippen molar-refractivity contribution in [3.05, 3.63) is 0 Å². The summed E-state index contributed by atoms with van der Waals surface area (Å²) in [6.45, 7) is 3.22. The van der Waals surface area contributed by atoms with Crippen molar-refractivity contribution in [2.45, 2.75) is 45.1 Å². The van der Waals surface area contributed by atoms with E-state index in [0.717, 1.165) is 36.5 Å². The van der Waals surface area contributed by atoms with Crippen LogP contribution in [0.3, 0.4) is 0 Å². The van der Waals surface area contributed by atoms with Crippen LogP contribution in [-0.4, -0.2) is 36.3 Å². The number of alkyl halides is 1. The van der Waals surface area contributed by atoms with Crippen LogP contribution in [0.4, 0.5) is 0 Å². The number of nitrogens with zero attached hydrogens (tertiary/aromatic N) is 1. The van der Waals surface area contributed by atoms with Gasteiger partial charge in [0.1, 0.15) is 0 Å². The molecule has 0 aromatic heterocycles. The molecule has 0 aromatic carbocycles. The quantitative estimate of drug-likeness (QED) is 0.447. The van der Waals surface area contributed by atoms with Gasteiger partial charge in [-0.1, -0.05) is 29.0 Å². The Morgan fingerprint density at radius 3 is 2.75 bits per heavy atom. The Morgan fingerprint density at radius 1 is 1.38 bits per heavy atom. The van der Waals surface area contributed by atoms with Crippen molar-refractivity contribution in [3.8, 4) is 0 Å². The molecule has 1 aliphatic heterocycles. The van der Waals surface area contributed by atoms with Crippen molar-refractivity contribution in [2.24, 2.45) is 0 Å². The second-order valence-corrected chi connectivity index (χ2v) is 7.04. The number of unbranched alkanes of at least 4 members (excludes halogenated alkanes) is 1. The maximum atomic E-state index is 12.0. The van der Waals surface area contributed by atoms with E-state index in [1.54, 1.807) is 4.31 Å². The molecule has 0 saturated carbocycles. The number of hydrogen-bond acceptors (Lipinski definition) is 2. The van der Waals surface area contributed by atoms with Crippen LogP contribution in [0, 0.1) is 0 Å². The summed E-state index contributed by atoms with van der Waals surface area (Å²) in [6.07, 6.45) is 5.10. The average molecular weight is 360 g/mol. The van der Waals surface area contributed by atoms with Crippen molar-refractivity contribution < 1.29 is 8.42 Å². The van der Waals surface area contributed by atoms with Gasteiger partial charge in [-0.3, -0.25) is 0 Å². The van der Waals surface area contributed by atoms with Gasteiger partial charge in [0.05, 0.1) is 0 Å². The zero-order valence-corrected chi connectivity index (χ0v) is 12.8.